The van der Waals surface area contributed by atoms with Gasteiger partial charge in [-0.3, -0.25) is 9.59 Å². The molecule has 0 heterocycles. The maximum atomic E-state index is 13.0. The van der Waals surface area contributed by atoms with Crippen LogP contribution in [0.15, 0.2) is 48.5 Å². The molecule has 0 saturated carbocycles. The molecule has 2 amide bonds. The van der Waals surface area contributed by atoms with Gasteiger partial charge in [-0.1, -0.05) is 83.1 Å². The lowest BCUT2D eigenvalue weighted by atomic mass is 9.85. The number of carbonyl (C=O) groups is 3. The predicted molar refractivity (Wildman–Crippen MR) is 130 cm³/mol. The number of rotatable bonds is 8. The highest BCUT2D eigenvalue weighted by molar-refractivity contribution is 5.87. The number of ether oxygens (including phenoxy) is 1. The summed E-state index contributed by atoms with van der Waals surface area (Å²) >= 11 is 0. The van der Waals surface area contributed by atoms with Gasteiger partial charge in [0.2, 0.25) is 5.91 Å². The minimum atomic E-state index is -0.990. The standard InChI is InChI=1S/C27H34N2O5/c1-16(2)22(14-23(30)31)28-25(32)24(27(3,4)5)29-26(33)34-15-21-19-12-8-6-10-17(19)18-11-7-9-13-20(18)21/h6-13,16,21-22,24H,14-15H2,1-5H3,(H,28,32)(H,29,33)(H,30,31). The molecule has 1 aliphatic carbocycles. The van der Waals surface area contributed by atoms with E-state index in [2.05, 4.69) is 22.8 Å². The first kappa shape index (κ1) is 25.3. The van der Waals surface area contributed by atoms with Crippen molar-refractivity contribution in [3.8, 4) is 11.1 Å². The van der Waals surface area contributed by atoms with E-state index in [1.807, 2.05) is 71.0 Å². The van der Waals surface area contributed by atoms with Crippen LogP contribution in [-0.4, -0.2) is 41.8 Å². The molecule has 2 atom stereocenters. The Morgan fingerprint density at radius 1 is 0.941 bits per heavy atom. The molecule has 0 spiro atoms. The van der Waals surface area contributed by atoms with Gasteiger partial charge in [-0.25, -0.2) is 4.79 Å². The van der Waals surface area contributed by atoms with Gasteiger partial charge in [-0.2, -0.15) is 0 Å². The number of hydrogen-bond acceptors (Lipinski definition) is 4. The molecule has 3 rings (SSSR count). The van der Waals surface area contributed by atoms with E-state index in [0.717, 1.165) is 22.3 Å². The van der Waals surface area contributed by atoms with Gasteiger partial charge in [0.05, 0.1) is 6.42 Å². The number of fused-ring (bicyclic) bond motifs is 3. The van der Waals surface area contributed by atoms with Crippen LogP contribution in [0.25, 0.3) is 11.1 Å². The number of aliphatic carboxylic acids is 1. The second kappa shape index (κ2) is 10.3. The smallest absolute Gasteiger partial charge is 0.407 e. The molecule has 1 aliphatic rings. The third-order valence-corrected chi connectivity index (χ3v) is 6.26. The highest BCUT2D eigenvalue weighted by Gasteiger charge is 2.36. The fraction of sp³-hybridized carbons (Fsp3) is 0.444. The molecule has 7 nitrogen and oxygen atoms in total. The van der Waals surface area contributed by atoms with Gasteiger partial charge in [0.25, 0.3) is 0 Å². The molecule has 0 aliphatic heterocycles. The van der Waals surface area contributed by atoms with E-state index in [9.17, 15) is 14.4 Å². The summed E-state index contributed by atoms with van der Waals surface area (Å²) in [5.74, 6) is -1.58. The van der Waals surface area contributed by atoms with Crippen molar-refractivity contribution < 1.29 is 24.2 Å². The van der Waals surface area contributed by atoms with E-state index in [4.69, 9.17) is 9.84 Å². The Balaban J connectivity index is 1.69. The molecule has 2 aromatic carbocycles. The molecule has 34 heavy (non-hydrogen) atoms. The molecular formula is C27H34N2O5. The van der Waals surface area contributed by atoms with Gasteiger partial charge in [0.15, 0.2) is 0 Å². The summed E-state index contributed by atoms with van der Waals surface area (Å²) in [7, 11) is 0. The number of carboxylic acid groups (broad SMARTS) is 1. The molecule has 182 valence electrons. The maximum absolute atomic E-state index is 13.0. The molecule has 0 bridgehead atoms. The minimum Gasteiger partial charge on any atom is -0.481 e. The number of carbonyl (C=O) groups excluding carboxylic acids is 2. The van der Waals surface area contributed by atoms with E-state index in [1.165, 1.54) is 0 Å². The summed E-state index contributed by atoms with van der Waals surface area (Å²) in [4.78, 5) is 37.0. The molecule has 2 aromatic rings. The van der Waals surface area contributed by atoms with Crippen molar-refractivity contribution in [1.82, 2.24) is 10.6 Å². The first-order chi connectivity index (χ1) is 16.0. The molecule has 7 heteroatoms. The summed E-state index contributed by atoms with van der Waals surface area (Å²) in [5, 5.41) is 14.7. The van der Waals surface area contributed by atoms with Crippen LogP contribution in [-0.2, 0) is 14.3 Å². The van der Waals surface area contributed by atoms with Crippen LogP contribution >= 0.6 is 0 Å². The van der Waals surface area contributed by atoms with Crippen molar-refractivity contribution >= 4 is 18.0 Å². The van der Waals surface area contributed by atoms with E-state index >= 15 is 0 Å². The Labute approximate surface area is 200 Å². The average Bonchev–Trinajstić information content (AvgIpc) is 3.08. The summed E-state index contributed by atoms with van der Waals surface area (Å²) in [5.41, 5.74) is 3.87. The lowest BCUT2D eigenvalue weighted by Crippen LogP contribution is -2.56. The fourth-order valence-electron chi connectivity index (χ4n) is 4.34. The Morgan fingerprint density at radius 2 is 1.47 bits per heavy atom. The number of nitrogens with one attached hydrogen (secondary N) is 2. The zero-order valence-corrected chi connectivity index (χ0v) is 20.4. The molecule has 0 saturated heterocycles. The van der Waals surface area contributed by atoms with Crippen LogP contribution in [0.5, 0.6) is 0 Å². The van der Waals surface area contributed by atoms with E-state index in [1.54, 1.807) is 0 Å². The fourth-order valence-corrected chi connectivity index (χ4v) is 4.34. The van der Waals surface area contributed by atoms with Crippen LogP contribution in [0.1, 0.15) is 58.1 Å². The first-order valence-electron chi connectivity index (χ1n) is 11.6. The molecule has 0 radical (unpaired) electrons. The van der Waals surface area contributed by atoms with E-state index in [-0.39, 0.29) is 24.9 Å². The molecule has 0 aromatic heterocycles. The van der Waals surface area contributed by atoms with Gasteiger partial charge < -0.3 is 20.5 Å². The highest BCUT2D eigenvalue weighted by Crippen LogP contribution is 2.44. The number of benzene rings is 2. The topological polar surface area (TPSA) is 105 Å². The van der Waals surface area contributed by atoms with Crippen LogP contribution < -0.4 is 10.6 Å². The average molecular weight is 467 g/mol. The SMILES string of the molecule is CC(C)C(CC(=O)O)NC(=O)C(NC(=O)OCC1c2ccccc2-c2ccccc21)C(C)(C)C. The molecule has 3 N–H and O–H groups in total. The van der Waals surface area contributed by atoms with Crippen molar-refractivity contribution in [2.24, 2.45) is 11.3 Å². The molecular weight excluding hydrogens is 432 g/mol. The summed E-state index contributed by atoms with van der Waals surface area (Å²) < 4.78 is 5.61. The van der Waals surface area contributed by atoms with Crippen LogP contribution in [0, 0.1) is 11.3 Å². The van der Waals surface area contributed by atoms with Crippen molar-refractivity contribution in [2.75, 3.05) is 6.61 Å². The van der Waals surface area contributed by atoms with Gasteiger partial charge in [0.1, 0.15) is 12.6 Å². The summed E-state index contributed by atoms with van der Waals surface area (Å²) in [6.45, 7) is 9.34. The zero-order valence-electron chi connectivity index (χ0n) is 20.4. The van der Waals surface area contributed by atoms with Gasteiger partial charge in [0, 0.05) is 12.0 Å². The zero-order chi connectivity index (χ0) is 25.0. The third-order valence-electron chi connectivity index (χ3n) is 6.26. The predicted octanol–water partition coefficient (Wildman–Crippen LogP) is 4.56. The monoisotopic (exact) mass is 466 g/mol. The quantitative estimate of drug-likeness (QED) is 0.529. The van der Waals surface area contributed by atoms with Crippen molar-refractivity contribution in [2.45, 2.75) is 59.0 Å². The van der Waals surface area contributed by atoms with E-state index < -0.39 is 35.5 Å². The lowest BCUT2D eigenvalue weighted by molar-refractivity contribution is -0.138. The number of amides is 2. The Morgan fingerprint density at radius 3 is 1.94 bits per heavy atom. The largest absolute Gasteiger partial charge is 0.481 e. The third kappa shape index (κ3) is 5.76. The molecule has 0 fully saturated rings. The second-order valence-electron chi connectivity index (χ2n) is 10.2. The Bertz CT molecular complexity index is 1010. The van der Waals surface area contributed by atoms with Crippen molar-refractivity contribution in [3.05, 3.63) is 59.7 Å². The summed E-state index contributed by atoms with van der Waals surface area (Å²) in [6, 6.07) is 14.7. The Kier molecular flexibility index (Phi) is 7.64. The van der Waals surface area contributed by atoms with Crippen LogP contribution in [0.2, 0.25) is 0 Å². The van der Waals surface area contributed by atoms with Crippen LogP contribution in [0.4, 0.5) is 4.79 Å². The van der Waals surface area contributed by atoms with Gasteiger partial charge >= 0.3 is 12.1 Å². The van der Waals surface area contributed by atoms with E-state index in [0.29, 0.717) is 0 Å². The maximum Gasteiger partial charge on any atom is 0.407 e. The number of alkyl carbamates (subject to hydrolysis) is 1. The normalized spacial score (nSPS) is 14.6. The highest BCUT2D eigenvalue weighted by atomic mass is 16.5. The first-order valence-corrected chi connectivity index (χ1v) is 11.6. The lowest BCUT2D eigenvalue weighted by Gasteiger charge is -2.32. The minimum absolute atomic E-state index is 0.0740. The van der Waals surface area contributed by atoms with Crippen molar-refractivity contribution in [1.29, 1.82) is 0 Å². The summed E-state index contributed by atoms with van der Waals surface area (Å²) in [6.07, 6.45) is -0.873. The Hall–Kier alpha value is -3.35. The van der Waals surface area contributed by atoms with Gasteiger partial charge in [-0.05, 0) is 33.6 Å². The van der Waals surface area contributed by atoms with Gasteiger partial charge in [-0.15, -0.1) is 0 Å². The second-order valence-corrected chi connectivity index (χ2v) is 10.2. The number of hydrogen-bond donors (Lipinski definition) is 3. The van der Waals surface area contributed by atoms with Crippen molar-refractivity contribution in [3.63, 3.8) is 0 Å². The number of carboxylic acids is 1. The van der Waals surface area contributed by atoms with Crippen LogP contribution in [0.3, 0.4) is 0 Å². The molecule has 2 unspecified atom stereocenters.